The molecule has 0 aliphatic carbocycles. The fourth-order valence-electron chi connectivity index (χ4n) is 3.65. The summed E-state index contributed by atoms with van der Waals surface area (Å²) in [5, 5.41) is 18.6. The molecule has 0 aliphatic rings. The van der Waals surface area contributed by atoms with E-state index in [2.05, 4.69) is 20.3 Å². The maximum Gasteiger partial charge on any atom is 0.255 e. The average molecular weight is 480 g/mol. The summed E-state index contributed by atoms with van der Waals surface area (Å²) in [6.45, 7) is 7.70. The molecule has 9 nitrogen and oxygen atoms in total. The number of hydrogen-bond acceptors (Lipinski definition) is 7. The van der Waals surface area contributed by atoms with E-state index in [1.54, 1.807) is 38.4 Å². The highest BCUT2D eigenvalue weighted by Crippen LogP contribution is 2.32. The number of pyridine rings is 1. The average Bonchev–Trinajstić information content (AvgIpc) is 3.22. The monoisotopic (exact) mass is 479 g/mol. The molecule has 0 atom stereocenters. The van der Waals surface area contributed by atoms with E-state index < -0.39 is 5.60 Å². The van der Waals surface area contributed by atoms with Crippen LogP contribution in [0.25, 0.3) is 22.8 Å². The first-order valence-electron chi connectivity index (χ1n) is 10.7. The van der Waals surface area contributed by atoms with Gasteiger partial charge in [0.15, 0.2) is 5.82 Å². The van der Waals surface area contributed by atoms with E-state index >= 15 is 0 Å². The Morgan fingerprint density at radius 1 is 1.15 bits per heavy atom. The summed E-state index contributed by atoms with van der Waals surface area (Å²) < 4.78 is 3.01. The molecule has 3 N–H and O–H groups in total. The standard InChI is InChI=1S/C24H26ClN7O2/c1-14-7-5-9-17(15(14)2)22-27-20(19(25)21(26)28-22)18-12-32(30-29-18)11-16-8-6-10-31(23(16)33)13-24(3,4)34/h5-10,12,34H,11,13H2,1-4H3,(H2,26,27,28). The van der Waals surface area contributed by atoms with Crippen molar-refractivity contribution < 1.29 is 5.11 Å². The number of rotatable bonds is 6. The molecule has 0 fully saturated rings. The molecule has 3 aromatic heterocycles. The van der Waals surface area contributed by atoms with Gasteiger partial charge < -0.3 is 15.4 Å². The highest BCUT2D eigenvalue weighted by molar-refractivity contribution is 6.35. The van der Waals surface area contributed by atoms with Crippen molar-refractivity contribution in [2.45, 2.75) is 46.4 Å². The second-order valence-corrected chi connectivity index (χ2v) is 9.30. The number of nitrogens with zero attached hydrogens (tertiary/aromatic N) is 6. The number of anilines is 1. The number of aromatic nitrogens is 6. The molecule has 0 amide bonds. The van der Waals surface area contributed by atoms with Crippen LogP contribution in [0.4, 0.5) is 5.82 Å². The van der Waals surface area contributed by atoms with E-state index in [0.29, 0.717) is 22.8 Å². The topological polar surface area (TPSA) is 125 Å². The molecule has 0 unspecified atom stereocenters. The molecular formula is C24H26ClN7O2. The number of nitrogens with two attached hydrogens (primary N) is 1. The SMILES string of the molecule is Cc1cccc(-c2nc(N)c(Cl)c(-c3cn(Cc4cccn(CC(C)(C)O)c4=O)nn3)n2)c1C. The Morgan fingerprint density at radius 3 is 2.65 bits per heavy atom. The van der Waals surface area contributed by atoms with Gasteiger partial charge in [-0.05, 0) is 44.9 Å². The number of benzene rings is 1. The Balaban J connectivity index is 1.68. The zero-order valence-electron chi connectivity index (χ0n) is 19.4. The second-order valence-electron chi connectivity index (χ2n) is 8.92. The van der Waals surface area contributed by atoms with E-state index in [0.717, 1.165) is 16.7 Å². The molecule has 4 rings (SSSR count). The van der Waals surface area contributed by atoms with Crippen LogP contribution in [-0.2, 0) is 13.1 Å². The van der Waals surface area contributed by atoms with Crippen molar-refractivity contribution in [1.82, 2.24) is 29.5 Å². The summed E-state index contributed by atoms with van der Waals surface area (Å²) in [6.07, 6.45) is 3.31. The van der Waals surface area contributed by atoms with Crippen molar-refractivity contribution >= 4 is 17.4 Å². The van der Waals surface area contributed by atoms with Crippen molar-refractivity contribution in [3.63, 3.8) is 0 Å². The first-order chi connectivity index (χ1) is 16.0. The van der Waals surface area contributed by atoms with Gasteiger partial charge in [0.1, 0.15) is 22.2 Å². The van der Waals surface area contributed by atoms with Crippen LogP contribution >= 0.6 is 11.6 Å². The van der Waals surface area contributed by atoms with E-state index in [1.165, 1.54) is 9.25 Å². The lowest BCUT2D eigenvalue weighted by atomic mass is 10.0. The predicted molar refractivity (Wildman–Crippen MR) is 131 cm³/mol. The molecule has 0 saturated carbocycles. The molecule has 0 radical (unpaired) electrons. The highest BCUT2D eigenvalue weighted by atomic mass is 35.5. The summed E-state index contributed by atoms with van der Waals surface area (Å²) in [4.78, 5) is 21.8. The summed E-state index contributed by atoms with van der Waals surface area (Å²) in [5.74, 6) is 0.597. The Hall–Kier alpha value is -3.56. The summed E-state index contributed by atoms with van der Waals surface area (Å²) in [7, 11) is 0. The third-order valence-corrected chi connectivity index (χ3v) is 5.86. The molecule has 0 spiro atoms. The predicted octanol–water partition coefficient (Wildman–Crippen LogP) is 3.24. The van der Waals surface area contributed by atoms with Gasteiger partial charge in [-0.3, -0.25) is 4.79 Å². The van der Waals surface area contributed by atoms with E-state index in [-0.39, 0.29) is 29.5 Å². The Labute approximate surface area is 201 Å². The molecule has 0 aliphatic heterocycles. The van der Waals surface area contributed by atoms with E-state index in [9.17, 15) is 9.90 Å². The van der Waals surface area contributed by atoms with Gasteiger partial charge in [-0.2, -0.15) is 0 Å². The lowest BCUT2D eigenvalue weighted by Crippen LogP contribution is -2.34. The van der Waals surface area contributed by atoms with Crippen LogP contribution in [0.1, 0.15) is 30.5 Å². The van der Waals surface area contributed by atoms with Crippen molar-refractivity contribution in [2.24, 2.45) is 0 Å². The van der Waals surface area contributed by atoms with Crippen LogP contribution in [0.3, 0.4) is 0 Å². The second kappa shape index (κ2) is 9.00. The van der Waals surface area contributed by atoms with Gasteiger partial charge in [-0.15, -0.1) is 5.10 Å². The molecule has 0 bridgehead atoms. The van der Waals surface area contributed by atoms with Gasteiger partial charge in [0.25, 0.3) is 5.56 Å². The maximum atomic E-state index is 12.8. The van der Waals surface area contributed by atoms with Gasteiger partial charge in [-0.25, -0.2) is 14.6 Å². The zero-order chi connectivity index (χ0) is 24.6. The molecular weight excluding hydrogens is 454 g/mol. The minimum Gasteiger partial charge on any atom is -0.389 e. The van der Waals surface area contributed by atoms with Crippen LogP contribution in [-0.4, -0.2) is 40.2 Å². The molecule has 4 aromatic rings. The fourth-order valence-corrected chi connectivity index (χ4v) is 3.84. The number of nitrogen functional groups attached to an aromatic ring is 1. The number of hydrogen-bond donors (Lipinski definition) is 2. The first kappa shape index (κ1) is 23.6. The van der Waals surface area contributed by atoms with E-state index in [1.807, 2.05) is 32.0 Å². The Kier molecular flexibility index (Phi) is 6.24. The van der Waals surface area contributed by atoms with Crippen molar-refractivity contribution in [3.05, 3.63) is 74.8 Å². The Morgan fingerprint density at radius 2 is 1.91 bits per heavy atom. The smallest absolute Gasteiger partial charge is 0.255 e. The minimum atomic E-state index is -1.01. The summed E-state index contributed by atoms with van der Waals surface area (Å²) >= 11 is 6.43. The lowest BCUT2D eigenvalue weighted by molar-refractivity contribution is 0.0603. The normalized spacial score (nSPS) is 11.7. The maximum absolute atomic E-state index is 12.8. The largest absolute Gasteiger partial charge is 0.389 e. The van der Waals surface area contributed by atoms with Gasteiger partial charge in [0.05, 0.1) is 24.9 Å². The first-order valence-corrected chi connectivity index (χ1v) is 11.1. The molecule has 3 heterocycles. The molecule has 1 aromatic carbocycles. The van der Waals surface area contributed by atoms with Gasteiger partial charge in [0, 0.05) is 17.3 Å². The van der Waals surface area contributed by atoms with Crippen molar-refractivity contribution in [1.29, 1.82) is 0 Å². The minimum absolute atomic E-state index is 0.148. The summed E-state index contributed by atoms with van der Waals surface area (Å²) in [5.41, 5.74) is 9.18. The van der Waals surface area contributed by atoms with Gasteiger partial charge in [0.2, 0.25) is 0 Å². The zero-order valence-corrected chi connectivity index (χ0v) is 20.2. The van der Waals surface area contributed by atoms with Crippen LogP contribution < -0.4 is 11.3 Å². The Bertz CT molecular complexity index is 1420. The van der Waals surface area contributed by atoms with Crippen LogP contribution in [0, 0.1) is 13.8 Å². The quantitative estimate of drug-likeness (QED) is 0.435. The van der Waals surface area contributed by atoms with Gasteiger partial charge >= 0.3 is 0 Å². The van der Waals surface area contributed by atoms with Crippen molar-refractivity contribution in [3.8, 4) is 22.8 Å². The van der Waals surface area contributed by atoms with E-state index in [4.69, 9.17) is 17.3 Å². The molecule has 0 saturated heterocycles. The highest BCUT2D eigenvalue weighted by Gasteiger charge is 2.19. The summed E-state index contributed by atoms with van der Waals surface area (Å²) in [6, 6.07) is 9.37. The third-order valence-electron chi connectivity index (χ3n) is 5.49. The molecule has 34 heavy (non-hydrogen) atoms. The van der Waals surface area contributed by atoms with Crippen LogP contribution in [0.15, 0.2) is 47.5 Å². The number of aryl methyl sites for hydroxylation is 1. The third kappa shape index (κ3) is 4.85. The van der Waals surface area contributed by atoms with Crippen molar-refractivity contribution in [2.75, 3.05) is 5.73 Å². The van der Waals surface area contributed by atoms with Crippen LogP contribution in [0.2, 0.25) is 5.02 Å². The molecule has 176 valence electrons. The fraction of sp³-hybridized carbons (Fsp3) is 0.292. The number of aliphatic hydroxyl groups is 1. The van der Waals surface area contributed by atoms with Gasteiger partial charge in [-0.1, -0.05) is 41.1 Å². The molecule has 10 heteroatoms. The lowest BCUT2D eigenvalue weighted by Gasteiger charge is -2.19. The van der Waals surface area contributed by atoms with Crippen LogP contribution in [0.5, 0.6) is 0 Å². The number of halogens is 1.